The number of nitrogens with zero attached hydrogens (tertiary/aromatic N) is 2. The molecular formula is C26H28N2O4. The van der Waals surface area contributed by atoms with E-state index in [1.54, 1.807) is 17.0 Å². The first-order chi connectivity index (χ1) is 15.5. The van der Waals surface area contributed by atoms with Crippen molar-refractivity contribution in [2.24, 2.45) is 0 Å². The Morgan fingerprint density at radius 1 is 0.969 bits per heavy atom. The normalized spacial score (nSPS) is 19.2. The van der Waals surface area contributed by atoms with Crippen molar-refractivity contribution < 1.29 is 13.9 Å². The summed E-state index contributed by atoms with van der Waals surface area (Å²) in [7, 11) is 0. The van der Waals surface area contributed by atoms with E-state index in [1.165, 1.54) is 5.56 Å². The number of hydrogen-bond acceptors (Lipinski definition) is 5. The van der Waals surface area contributed by atoms with Crippen LogP contribution < -0.4 is 5.43 Å². The molecule has 2 aliphatic rings. The molecule has 32 heavy (non-hydrogen) atoms. The van der Waals surface area contributed by atoms with Crippen LogP contribution in [0.25, 0.3) is 11.0 Å². The van der Waals surface area contributed by atoms with Gasteiger partial charge >= 0.3 is 0 Å². The second-order valence-electron chi connectivity index (χ2n) is 8.85. The summed E-state index contributed by atoms with van der Waals surface area (Å²) < 4.78 is 11.5. The van der Waals surface area contributed by atoms with E-state index >= 15 is 0 Å². The van der Waals surface area contributed by atoms with Crippen LogP contribution in [-0.2, 0) is 4.74 Å². The summed E-state index contributed by atoms with van der Waals surface area (Å²) >= 11 is 0. The lowest BCUT2D eigenvalue weighted by Gasteiger charge is -2.31. The molecule has 5 rings (SSSR count). The summed E-state index contributed by atoms with van der Waals surface area (Å²) in [5.74, 6) is 0.371. The smallest absolute Gasteiger partial charge is 0.290 e. The third kappa shape index (κ3) is 3.63. The van der Waals surface area contributed by atoms with Crippen molar-refractivity contribution in [2.75, 3.05) is 39.4 Å². The van der Waals surface area contributed by atoms with Crippen molar-refractivity contribution in [3.05, 3.63) is 81.2 Å². The molecule has 0 aliphatic carbocycles. The molecule has 1 saturated heterocycles. The molecule has 1 amide bonds. The van der Waals surface area contributed by atoms with Crippen LogP contribution in [0.1, 0.15) is 53.1 Å². The molecule has 0 spiro atoms. The van der Waals surface area contributed by atoms with E-state index in [0.29, 0.717) is 42.2 Å². The number of benzene rings is 2. The number of fused-ring (bicyclic) bond motifs is 2. The Morgan fingerprint density at radius 2 is 1.69 bits per heavy atom. The molecule has 3 heterocycles. The minimum atomic E-state index is -0.444. The van der Waals surface area contributed by atoms with Gasteiger partial charge in [0.05, 0.1) is 30.2 Å². The predicted octanol–water partition coefficient (Wildman–Crippen LogP) is 3.79. The molecular weight excluding hydrogens is 404 g/mol. The Morgan fingerprint density at radius 3 is 2.41 bits per heavy atom. The van der Waals surface area contributed by atoms with E-state index in [-0.39, 0.29) is 17.1 Å². The molecule has 1 fully saturated rings. The minimum Gasteiger partial charge on any atom is -0.450 e. The highest BCUT2D eigenvalue weighted by molar-refractivity contribution is 5.99. The van der Waals surface area contributed by atoms with Gasteiger partial charge in [-0.15, -0.1) is 0 Å². The van der Waals surface area contributed by atoms with E-state index in [1.807, 2.05) is 24.3 Å². The molecule has 0 N–H and O–H groups in total. The fourth-order valence-corrected chi connectivity index (χ4v) is 4.68. The molecule has 0 radical (unpaired) electrons. The lowest BCUT2D eigenvalue weighted by atomic mass is 9.95. The van der Waals surface area contributed by atoms with E-state index in [2.05, 4.69) is 30.9 Å². The molecule has 0 bridgehead atoms. The van der Waals surface area contributed by atoms with Crippen LogP contribution in [0.3, 0.4) is 0 Å². The van der Waals surface area contributed by atoms with Gasteiger partial charge in [-0.3, -0.25) is 14.5 Å². The van der Waals surface area contributed by atoms with Crippen LogP contribution in [0.15, 0.2) is 57.7 Å². The number of carbonyl (C=O) groups excluding carboxylic acids is 1. The van der Waals surface area contributed by atoms with E-state index in [4.69, 9.17) is 9.15 Å². The highest BCUT2D eigenvalue weighted by atomic mass is 16.5. The van der Waals surface area contributed by atoms with Gasteiger partial charge in [-0.2, -0.15) is 0 Å². The molecule has 1 aromatic heterocycles. The zero-order valence-corrected chi connectivity index (χ0v) is 18.5. The maximum Gasteiger partial charge on any atom is 0.290 e. The molecule has 166 valence electrons. The average molecular weight is 433 g/mol. The summed E-state index contributed by atoms with van der Waals surface area (Å²) in [5, 5.41) is 0.512. The van der Waals surface area contributed by atoms with Crippen LogP contribution >= 0.6 is 0 Å². The minimum absolute atomic E-state index is 0.123. The van der Waals surface area contributed by atoms with Crippen LogP contribution in [0, 0.1) is 0 Å². The summed E-state index contributed by atoms with van der Waals surface area (Å²) in [5.41, 5.74) is 2.94. The molecule has 1 atom stereocenters. The lowest BCUT2D eigenvalue weighted by Crippen LogP contribution is -2.42. The van der Waals surface area contributed by atoms with Crippen molar-refractivity contribution in [3.63, 3.8) is 0 Å². The van der Waals surface area contributed by atoms with Crippen molar-refractivity contribution in [2.45, 2.75) is 25.8 Å². The van der Waals surface area contributed by atoms with Gasteiger partial charge in [-0.1, -0.05) is 50.2 Å². The molecule has 3 aromatic rings. The quantitative estimate of drug-likeness (QED) is 0.614. The first-order valence-electron chi connectivity index (χ1n) is 11.3. The van der Waals surface area contributed by atoms with Gasteiger partial charge in [0.15, 0.2) is 5.43 Å². The number of carbonyl (C=O) groups is 1. The maximum atomic E-state index is 13.5. The van der Waals surface area contributed by atoms with Crippen molar-refractivity contribution in [1.29, 1.82) is 0 Å². The zero-order chi connectivity index (χ0) is 22.2. The van der Waals surface area contributed by atoms with E-state index in [0.717, 1.165) is 25.2 Å². The summed E-state index contributed by atoms with van der Waals surface area (Å²) in [6, 6.07) is 15.0. The van der Waals surface area contributed by atoms with Crippen LogP contribution in [0.4, 0.5) is 0 Å². The lowest BCUT2D eigenvalue weighted by molar-refractivity contribution is 0.0314. The summed E-state index contributed by atoms with van der Waals surface area (Å²) in [4.78, 5) is 31.1. The van der Waals surface area contributed by atoms with Crippen LogP contribution in [-0.4, -0.2) is 55.1 Å². The first-order valence-corrected chi connectivity index (χ1v) is 11.3. The topological polar surface area (TPSA) is 63.0 Å². The van der Waals surface area contributed by atoms with E-state index in [9.17, 15) is 9.59 Å². The number of amides is 1. The molecule has 6 heteroatoms. The zero-order valence-electron chi connectivity index (χ0n) is 18.5. The third-order valence-electron chi connectivity index (χ3n) is 6.55. The van der Waals surface area contributed by atoms with Gasteiger partial charge in [-0.25, -0.2) is 0 Å². The van der Waals surface area contributed by atoms with Crippen molar-refractivity contribution in [3.8, 4) is 0 Å². The number of morpholine rings is 1. The summed E-state index contributed by atoms with van der Waals surface area (Å²) in [6.07, 6.45) is 0. The highest BCUT2D eigenvalue weighted by Gasteiger charge is 2.42. The third-order valence-corrected chi connectivity index (χ3v) is 6.55. The second-order valence-corrected chi connectivity index (χ2v) is 8.85. The molecule has 6 nitrogen and oxygen atoms in total. The van der Waals surface area contributed by atoms with Crippen LogP contribution in [0.2, 0.25) is 0 Å². The Balaban J connectivity index is 1.58. The van der Waals surface area contributed by atoms with Gasteiger partial charge < -0.3 is 14.1 Å². The first kappa shape index (κ1) is 20.9. The molecule has 2 aliphatic heterocycles. The fourth-order valence-electron chi connectivity index (χ4n) is 4.68. The number of ether oxygens (including phenoxy) is 1. The number of hydrogen-bond donors (Lipinski definition) is 0. The Labute approximate surface area is 187 Å². The standard InChI is InChI=1S/C26H28N2O4/c1-17(2)18-7-9-19(10-8-18)23-22-24(29)20-5-3-4-6-21(20)32-25(22)26(30)28(23)12-11-27-13-15-31-16-14-27/h3-10,17,23H,11-16H2,1-2H3/t23-/m1/s1. The highest BCUT2D eigenvalue weighted by Crippen LogP contribution is 2.38. The van der Waals surface area contributed by atoms with Gasteiger partial charge in [0.2, 0.25) is 5.76 Å². The Bertz CT molecular complexity index is 1190. The van der Waals surface area contributed by atoms with Gasteiger partial charge in [0, 0.05) is 26.2 Å². The second kappa shape index (κ2) is 8.52. The molecule has 0 saturated carbocycles. The van der Waals surface area contributed by atoms with Gasteiger partial charge in [0.1, 0.15) is 5.58 Å². The number of para-hydroxylation sites is 1. The van der Waals surface area contributed by atoms with Crippen molar-refractivity contribution in [1.82, 2.24) is 9.80 Å². The SMILES string of the molecule is CC(C)c1ccc([C@@H]2c3c(oc4ccccc4c3=O)C(=O)N2CCN2CCOCC2)cc1. The monoisotopic (exact) mass is 432 g/mol. The van der Waals surface area contributed by atoms with Crippen LogP contribution in [0.5, 0.6) is 0 Å². The largest absolute Gasteiger partial charge is 0.450 e. The molecule has 0 unspecified atom stereocenters. The van der Waals surface area contributed by atoms with Gasteiger partial charge in [0.25, 0.3) is 5.91 Å². The molecule has 2 aromatic carbocycles. The van der Waals surface area contributed by atoms with E-state index < -0.39 is 6.04 Å². The Kier molecular flexibility index (Phi) is 5.57. The van der Waals surface area contributed by atoms with Crippen molar-refractivity contribution >= 4 is 16.9 Å². The fraction of sp³-hybridized carbons (Fsp3) is 0.385. The average Bonchev–Trinajstić information content (AvgIpc) is 3.10. The maximum absolute atomic E-state index is 13.5. The Hall–Kier alpha value is -2.96. The predicted molar refractivity (Wildman–Crippen MR) is 123 cm³/mol. The number of rotatable bonds is 5. The van der Waals surface area contributed by atoms with Gasteiger partial charge in [-0.05, 0) is 29.2 Å². The summed E-state index contributed by atoms with van der Waals surface area (Å²) in [6.45, 7) is 8.68.